The molecule has 0 aliphatic heterocycles. The van der Waals surface area contributed by atoms with Gasteiger partial charge in [-0.3, -0.25) is 9.97 Å². The summed E-state index contributed by atoms with van der Waals surface area (Å²) in [5.74, 6) is 0. The monoisotopic (exact) mass is 248 g/mol. The van der Waals surface area contributed by atoms with Crippen molar-refractivity contribution in [3.8, 4) is 11.3 Å². The summed E-state index contributed by atoms with van der Waals surface area (Å²) >= 11 is 3.39. The van der Waals surface area contributed by atoms with Crippen molar-refractivity contribution in [2.24, 2.45) is 0 Å². The van der Waals surface area contributed by atoms with Gasteiger partial charge in [0, 0.05) is 28.1 Å². The number of halogens is 1. The maximum absolute atomic E-state index is 4.42. The molecule has 0 aliphatic rings. The van der Waals surface area contributed by atoms with E-state index in [4.69, 9.17) is 0 Å². The van der Waals surface area contributed by atoms with Gasteiger partial charge >= 0.3 is 0 Å². The van der Waals surface area contributed by atoms with E-state index in [-0.39, 0.29) is 0 Å². The largest absolute Gasteiger partial charge is 0.263 e. The topological polar surface area (TPSA) is 25.8 Å². The average molecular weight is 249 g/mol. The first kappa shape index (κ1) is 9.34. The van der Waals surface area contributed by atoms with Gasteiger partial charge in [0.15, 0.2) is 0 Å². The molecule has 0 atom stereocenters. The van der Waals surface area contributed by atoms with Gasteiger partial charge in [0.2, 0.25) is 0 Å². The van der Waals surface area contributed by atoms with Gasteiger partial charge < -0.3 is 0 Å². The van der Waals surface area contributed by atoms with Crippen LogP contribution in [0.2, 0.25) is 0 Å². The van der Waals surface area contributed by atoms with E-state index >= 15 is 0 Å². The van der Waals surface area contributed by atoms with Crippen molar-refractivity contribution in [2.75, 3.05) is 0 Å². The first-order valence-corrected chi connectivity index (χ1v) is 5.09. The van der Waals surface area contributed by atoms with Crippen LogP contribution in [0.3, 0.4) is 0 Å². The molecule has 0 spiro atoms. The van der Waals surface area contributed by atoms with Crippen LogP contribution in [0.25, 0.3) is 11.3 Å². The molecule has 14 heavy (non-hydrogen) atoms. The standard InChI is InChI=1S/C11H9BrN2/c1-8-3-2-4-11(14-8)9-5-10(12)7-13-6-9/h2-7H,1H3. The first-order chi connectivity index (χ1) is 6.75. The average Bonchev–Trinajstić information content (AvgIpc) is 2.18. The quantitative estimate of drug-likeness (QED) is 0.775. The van der Waals surface area contributed by atoms with Crippen LogP contribution >= 0.6 is 15.9 Å². The predicted molar refractivity (Wildman–Crippen MR) is 59.9 cm³/mol. The van der Waals surface area contributed by atoms with E-state index in [1.54, 1.807) is 6.20 Å². The third-order valence-electron chi connectivity index (χ3n) is 1.89. The Labute approximate surface area is 91.2 Å². The Balaban J connectivity index is 2.49. The molecular weight excluding hydrogens is 240 g/mol. The molecule has 0 fully saturated rings. The molecule has 0 amide bonds. The van der Waals surface area contributed by atoms with Gasteiger partial charge in [-0.05, 0) is 41.1 Å². The fourth-order valence-corrected chi connectivity index (χ4v) is 1.62. The smallest absolute Gasteiger partial charge is 0.0721 e. The van der Waals surface area contributed by atoms with Crippen molar-refractivity contribution in [3.63, 3.8) is 0 Å². The van der Waals surface area contributed by atoms with Crippen LogP contribution in [0.15, 0.2) is 41.1 Å². The molecule has 0 aliphatic carbocycles. The molecule has 0 radical (unpaired) electrons. The number of nitrogens with zero attached hydrogens (tertiary/aromatic N) is 2. The lowest BCUT2D eigenvalue weighted by atomic mass is 10.2. The Kier molecular flexibility index (Phi) is 2.59. The summed E-state index contributed by atoms with van der Waals surface area (Å²) in [4.78, 5) is 8.53. The molecule has 2 aromatic rings. The van der Waals surface area contributed by atoms with E-state index in [0.717, 1.165) is 21.4 Å². The fourth-order valence-electron chi connectivity index (χ4n) is 1.26. The normalized spacial score (nSPS) is 10.1. The third kappa shape index (κ3) is 1.99. The molecule has 70 valence electrons. The minimum atomic E-state index is 0.957. The second-order valence-corrected chi connectivity index (χ2v) is 3.97. The van der Waals surface area contributed by atoms with Gasteiger partial charge in [-0.2, -0.15) is 0 Å². The van der Waals surface area contributed by atoms with Gasteiger partial charge in [0.25, 0.3) is 0 Å². The summed E-state index contributed by atoms with van der Waals surface area (Å²) in [6.45, 7) is 1.98. The molecule has 2 aromatic heterocycles. The van der Waals surface area contributed by atoms with Crippen LogP contribution in [0.5, 0.6) is 0 Å². The van der Waals surface area contributed by atoms with Crippen LogP contribution < -0.4 is 0 Å². The van der Waals surface area contributed by atoms with Crippen molar-refractivity contribution in [3.05, 3.63) is 46.8 Å². The zero-order valence-corrected chi connectivity index (χ0v) is 9.32. The Morgan fingerprint density at radius 3 is 2.79 bits per heavy atom. The molecule has 3 heteroatoms. The van der Waals surface area contributed by atoms with E-state index in [1.165, 1.54) is 0 Å². The highest BCUT2D eigenvalue weighted by Crippen LogP contribution is 2.19. The highest BCUT2D eigenvalue weighted by molar-refractivity contribution is 9.10. The van der Waals surface area contributed by atoms with Crippen molar-refractivity contribution >= 4 is 15.9 Å². The van der Waals surface area contributed by atoms with E-state index in [1.807, 2.05) is 37.4 Å². The van der Waals surface area contributed by atoms with Crippen molar-refractivity contribution < 1.29 is 0 Å². The summed E-state index contributed by atoms with van der Waals surface area (Å²) < 4.78 is 0.971. The van der Waals surface area contributed by atoms with Crippen LogP contribution in [-0.2, 0) is 0 Å². The number of pyridine rings is 2. The summed E-state index contributed by atoms with van der Waals surface area (Å²) in [5.41, 5.74) is 3.00. The van der Waals surface area contributed by atoms with E-state index in [0.29, 0.717) is 0 Å². The Morgan fingerprint density at radius 1 is 1.21 bits per heavy atom. The Bertz CT molecular complexity index is 411. The maximum atomic E-state index is 4.42. The van der Waals surface area contributed by atoms with Crippen molar-refractivity contribution in [1.82, 2.24) is 9.97 Å². The molecule has 2 heterocycles. The lowest BCUT2D eigenvalue weighted by Crippen LogP contribution is -1.86. The molecule has 0 saturated carbocycles. The van der Waals surface area contributed by atoms with E-state index < -0.39 is 0 Å². The SMILES string of the molecule is Cc1cccc(-c2cncc(Br)c2)n1. The van der Waals surface area contributed by atoms with E-state index in [2.05, 4.69) is 25.9 Å². The van der Waals surface area contributed by atoms with E-state index in [9.17, 15) is 0 Å². The number of aryl methyl sites for hydroxylation is 1. The fraction of sp³-hybridized carbons (Fsp3) is 0.0909. The summed E-state index contributed by atoms with van der Waals surface area (Å²) in [6, 6.07) is 7.97. The number of hydrogen-bond acceptors (Lipinski definition) is 2. The first-order valence-electron chi connectivity index (χ1n) is 4.30. The molecule has 2 nitrogen and oxygen atoms in total. The van der Waals surface area contributed by atoms with Gasteiger partial charge in [-0.1, -0.05) is 6.07 Å². The van der Waals surface area contributed by atoms with Crippen LogP contribution in [-0.4, -0.2) is 9.97 Å². The highest BCUT2D eigenvalue weighted by Gasteiger charge is 1.99. The lowest BCUT2D eigenvalue weighted by molar-refractivity contribution is 1.19. The molecule has 0 N–H and O–H groups in total. The minimum Gasteiger partial charge on any atom is -0.263 e. The maximum Gasteiger partial charge on any atom is 0.0721 e. The van der Waals surface area contributed by atoms with Crippen molar-refractivity contribution in [1.29, 1.82) is 0 Å². The molecule has 0 bridgehead atoms. The third-order valence-corrected chi connectivity index (χ3v) is 2.32. The Hall–Kier alpha value is -1.22. The van der Waals surface area contributed by atoms with Gasteiger partial charge in [0.05, 0.1) is 5.69 Å². The molecule has 2 rings (SSSR count). The molecule has 0 aromatic carbocycles. The zero-order valence-electron chi connectivity index (χ0n) is 7.74. The summed E-state index contributed by atoms with van der Waals surface area (Å²) in [5, 5.41) is 0. The lowest BCUT2D eigenvalue weighted by Gasteiger charge is -2.01. The number of rotatable bonds is 1. The van der Waals surface area contributed by atoms with Gasteiger partial charge in [-0.15, -0.1) is 0 Å². The second-order valence-electron chi connectivity index (χ2n) is 3.06. The van der Waals surface area contributed by atoms with Crippen molar-refractivity contribution in [2.45, 2.75) is 6.92 Å². The van der Waals surface area contributed by atoms with Gasteiger partial charge in [0.1, 0.15) is 0 Å². The van der Waals surface area contributed by atoms with Crippen LogP contribution in [0.1, 0.15) is 5.69 Å². The van der Waals surface area contributed by atoms with Gasteiger partial charge in [-0.25, -0.2) is 0 Å². The summed E-state index contributed by atoms with van der Waals surface area (Å²) in [7, 11) is 0. The predicted octanol–water partition coefficient (Wildman–Crippen LogP) is 3.21. The zero-order chi connectivity index (χ0) is 9.97. The van der Waals surface area contributed by atoms with Crippen LogP contribution in [0.4, 0.5) is 0 Å². The second kappa shape index (κ2) is 3.88. The molecular formula is C11H9BrN2. The highest BCUT2D eigenvalue weighted by atomic mass is 79.9. The Morgan fingerprint density at radius 2 is 2.07 bits per heavy atom. The number of aromatic nitrogens is 2. The number of hydrogen-bond donors (Lipinski definition) is 0. The minimum absolute atomic E-state index is 0.957. The van der Waals surface area contributed by atoms with Crippen LogP contribution in [0, 0.1) is 6.92 Å². The summed E-state index contributed by atoms with van der Waals surface area (Å²) in [6.07, 6.45) is 3.58. The molecule has 0 saturated heterocycles. The molecule has 0 unspecified atom stereocenters.